The van der Waals surface area contributed by atoms with Crippen molar-refractivity contribution in [2.45, 2.75) is 34.6 Å². The fraction of sp³-hybridized carbons (Fsp3) is 0.600. The maximum atomic E-state index is 11.5. The largest absolute Gasteiger partial charge is 0.465 e. The van der Waals surface area contributed by atoms with Crippen LogP contribution in [0.15, 0.2) is 12.1 Å². The van der Waals surface area contributed by atoms with Crippen molar-refractivity contribution in [3.05, 3.63) is 23.4 Å². The third kappa shape index (κ3) is 4.23. The summed E-state index contributed by atoms with van der Waals surface area (Å²) in [6.07, 6.45) is 0. The third-order valence-electron chi connectivity index (χ3n) is 3.56. The minimum absolute atomic E-state index is 0.258. The SMILES string of the molecule is COC(=O)c1ccc(NCC(C)C(C)(C)C)nc1C. The van der Waals surface area contributed by atoms with Gasteiger partial charge in [-0.3, -0.25) is 0 Å². The summed E-state index contributed by atoms with van der Waals surface area (Å²) in [6.45, 7) is 11.5. The van der Waals surface area contributed by atoms with Gasteiger partial charge in [0.1, 0.15) is 5.82 Å². The zero-order chi connectivity index (χ0) is 14.6. The van der Waals surface area contributed by atoms with Crippen LogP contribution in [0.1, 0.15) is 43.7 Å². The van der Waals surface area contributed by atoms with E-state index in [0.717, 1.165) is 12.4 Å². The van der Waals surface area contributed by atoms with Crippen molar-refractivity contribution >= 4 is 11.8 Å². The molecule has 0 spiro atoms. The second-order valence-corrected chi connectivity index (χ2v) is 5.97. The van der Waals surface area contributed by atoms with Crippen molar-refractivity contribution in [3.8, 4) is 0 Å². The summed E-state index contributed by atoms with van der Waals surface area (Å²) in [7, 11) is 1.37. The highest BCUT2D eigenvalue weighted by molar-refractivity contribution is 5.90. The predicted molar refractivity (Wildman–Crippen MR) is 77.4 cm³/mol. The number of hydrogen-bond donors (Lipinski definition) is 1. The predicted octanol–water partition coefficient (Wildman–Crippen LogP) is 3.27. The number of nitrogens with one attached hydrogen (secondary N) is 1. The first-order chi connectivity index (χ1) is 8.75. The molecule has 0 bridgehead atoms. The van der Waals surface area contributed by atoms with E-state index in [0.29, 0.717) is 17.2 Å². The summed E-state index contributed by atoms with van der Waals surface area (Å²) in [5.74, 6) is 0.968. The van der Waals surface area contributed by atoms with E-state index in [1.165, 1.54) is 7.11 Å². The van der Waals surface area contributed by atoms with Gasteiger partial charge in [-0.25, -0.2) is 9.78 Å². The number of aryl methyl sites for hydroxylation is 1. The highest BCUT2D eigenvalue weighted by Crippen LogP contribution is 2.25. The fourth-order valence-corrected chi connectivity index (χ4v) is 1.55. The quantitative estimate of drug-likeness (QED) is 0.848. The minimum Gasteiger partial charge on any atom is -0.465 e. The van der Waals surface area contributed by atoms with E-state index in [1.807, 2.05) is 13.0 Å². The lowest BCUT2D eigenvalue weighted by Crippen LogP contribution is -2.25. The normalized spacial score (nSPS) is 12.9. The van der Waals surface area contributed by atoms with Gasteiger partial charge in [0.2, 0.25) is 0 Å². The number of rotatable bonds is 4. The van der Waals surface area contributed by atoms with Crippen LogP contribution in [0.2, 0.25) is 0 Å². The Labute approximate surface area is 115 Å². The molecule has 0 aliphatic carbocycles. The van der Waals surface area contributed by atoms with Crippen LogP contribution in [-0.4, -0.2) is 24.6 Å². The molecule has 19 heavy (non-hydrogen) atoms. The lowest BCUT2D eigenvalue weighted by Gasteiger charge is -2.27. The topological polar surface area (TPSA) is 51.2 Å². The van der Waals surface area contributed by atoms with E-state index in [2.05, 4.69) is 38.0 Å². The van der Waals surface area contributed by atoms with E-state index in [4.69, 9.17) is 4.74 Å². The van der Waals surface area contributed by atoms with Crippen molar-refractivity contribution in [3.63, 3.8) is 0 Å². The molecule has 4 heteroatoms. The standard InChI is InChI=1S/C15H24N2O2/c1-10(15(3,4)5)9-16-13-8-7-12(11(2)17-13)14(18)19-6/h7-8,10H,9H2,1-6H3,(H,16,17). The summed E-state index contributed by atoms with van der Waals surface area (Å²) < 4.78 is 4.70. The molecule has 0 fully saturated rings. The molecule has 106 valence electrons. The van der Waals surface area contributed by atoms with Crippen LogP contribution in [0.5, 0.6) is 0 Å². The molecule has 0 aliphatic rings. The highest BCUT2D eigenvalue weighted by Gasteiger charge is 2.19. The molecule has 0 saturated heterocycles. The number of anilines is 1. The third-order valence-corrected chi connectivity index (χ3v) is 3.56. The number of ether oxygens (including phenoxy) is 1. The van der Waals surface area contributed by atoms with Gasteiger partial charge in [0, 0.05) is 6.54 Å². The smallest absolute Gasteiger partial charge is 0.339 e. The van der Waals surface area contributed by atoms with Crippen LogP contribution in [0.4, 0.5) is 5.82 Å². The van der Waals surface area contributed by atoms with Crippen LogP contribution in [0, 0.1) is 18.3 Å². The Kier molecular flexibility index (Phi) is 4.92. The minimum atomic E-state index is -0.348. The van der Waals surface area contributed by atoms with Gasteiger partial charge in [0.25, 0.3) is 0 Å². The molecule has 1 aromatic rings. The first-order valence-corrected chi connectivity index (χ1v) is 6.55. The maximum absolute atomic E-state index is 11.5. The van der Waals surface area contributed by atoms with Gasteiger partial charge < -0.3 is 10.1 Å². The molecule has 1 atom stereocenters. The molecule has 4 nitrogen and oxygen atoms in total. The molecule has 1 aromatic heterocycles. The summed E-state index contributed by atoms with van der Waals surface area (Å²) in [5, 5.41) is 3.31. The first-order valence-electron chi connectivity index (χ1n) is 6.55. The summed E-state index contributed by atoms with van der Waals surface area (Å²) in [6, 6.07) is 3.56. The number of hydrogen-bond acceptors (Lipinski definition) is 4. The number of pyridine rings is 1. The van der Waals surface area contributed by atoms with Gasteiger partial charge in [-0.05, 0) is 30.4 Å². The average Bonchev–Trinajstić information content (AvgIpc) is 2.34. The molecule has 0 aromatic carbocycles. The van der Waals surface area contributed by atoms with Gasteiger partial charge in [-0.2, -0.15) is 0 Å². The van der Waals surface area contributed by atoms with Gasteiger partial charge >= 0.3 is 5.97 Å². The van der Waals surface area contributed by atoms with Crippen LogP contribution < -0.4 is 5.32 Å². The summed E-state index contributed by atoms with van der Waals surface area (Å²) in [5.41, 5.74) is 1.45. The second-order valence-electron chi connectivity index (χ2n) is 5.97. The van der Waals surface area contributed by atoms with E-state index in [-0.39, 0.29) is 11.4 Å². The Balaban J connectivity index is 2.72. The molecular weight excluding hydrogens is 240 g/mol. The first kappa shape index (κ1) is 15.5. The average molecular weight is 264 g/mol. The van der Waals surface area contributed by atoms with Gasteiger partial charge in [-0.1, -0.05) is 27.7 Å². The molecule has 1 heterocycles. The zero-order valence-corrected chi connectivity index (χ0v) is 12.7. The molecule has 1 rings (SSSR count). The zero-order valence-electron chi connectivity index (χ0n) is 12.7. The van der Waals surface area contributed by atoms with Crippen molar-refractivity contribution in [1.82, 2.24) is 4.98 Å². The van der Waals surface area contributed by atoms with E-state index >= 15 is 0 Å². The van der Waals surface area contributed by atoms with Crippen molar-refractivity contribution < 1.29 is 9.53 Å². The second kappa shape index (κ2) is 6.04. The van der Waals surface area contributed by atoms with Gasteiger partial charge in [0.05, 0.1) is 18.4 Å². The number of esters is 1. The Hall–Kier alpha value is -1.58. The molecule has 0 aliphatic heterocycles. The monoisotopic (exact) mass is 264 g/mol. The molecule has 1 N–H and O–H groups in total. The number of methoxy groups -OCH3 is 1. The lowest BCUT2D eigenvalue weighted by molar-refractivity contribution is 0.0599. The Morgan fingerprint density at radius 3 is 2.53 bits per heavy atom. The van der Waals surface area contributed by atoms with Gasteiger partial charge in [-0.15, -0.1) is 0 Å². The molecule has 0 saturated carbocycles. The Morgan fingerprint density at radius 2 is 2.05 bits per heavy atom. The summed E-state index contributed by atoms with van der Waals surface area (Å²) >= 11 is 0. The molecule has 0 radical (unpaired) electrons. The fourth-order valence-electron chi connectivity index (χ4n) is 1.55. The Bertz CT molecular complexity index is 450. The van der Waals surface area contributed by atoms with Crippen LogP contribution in [-0.2, 0) is 4.74 Å². The molecule has 0 amide bonds. The Morgan fingerprint density at radius 1 is 1.42 bits per heavy atom. The maximum Gasteiger partial charge on any atom is 0.339 e. The number of carbonyl (C=O) groups excluding carboxylic acids is 1. The van der Waals surface area contributed by atoms with Crippen molar-refractivity contribution in [2.24, 2.45) is 11.3 Å². The van der Waals surface area contributed by atoms with Crippen LogP contribution in [0.25, 0.3) is 0 Å². The van der Waals surface area contributed by atoms with Crippen LogP contribution in [0.3, 0.4) is 0 Å². The van der Waals surface area contributed by atoms with E-state index < -0.39 is 0 Å². The molecular formula is C15H24N2O2. The van der Waals surface area contributed by atoms with E-state index in [9.17, 15) is 4.79 Å². The highest BCUT2D eigenvalue weighted by atomic mass is 16.5. The lowest BCUT2D eigenvalue weighted by atomic mass is 9.82. The van der Waals surface area contributed by atoms with Crippen LogP contribution >= 0.6 is 0 Å². The number of aromatic nitrogens is 1. The van der Waals surface area contributed by atoms with Crippen molar-refractivity contribution in [1.29, 1.82) is 0 Å². The van der Waals surface area contributed by atoms with E-state index in [1.54, 1.807) is 6.07 Å². The summed E-state index contributed by atoms with van der Waals surface area (Å²) in [4.78, 5) is 15.8. The number of carbonyl (C=O) groups is 1. The van der Waals surface area contributed by atoms with Gasteiger partial charge in [0.15, 0.2) is 0 Å². The molecule has 1 unspecified atom stereocenters. The number of nitrogens with zero attached hydrogens (tertiary/aromatic N) is 1. The van der Waals surface area contributed by atoms with Crippen molar-refractivity contribution in [2.75, 3.05) is 19.0 Å².